The summed E-state index contributed by atoms with van der Waals surface area (Å²) >= 11 is 0. The Bertz CT molecular complexity index is 856. The highest BCUT2D eigenvalue weighted by atomic mass is 32.2. The molecule has 120 valence electrons. The molecule has 6 heteroatoms. The minimum absolute atomic E-state index is 0.206. The van der Waals surface area contributed by atoms with Crippen molar-refractivity contribution in [2.75, 3.05) is 12.4 Å². The van der Waals surface area contributed by atoms with Crippen molar-refractivity contribution in [3.8, 4) is 5.75 Å². The molecule has 0 unspecified atom stereocenters. The second kappa shape index (κ2) is 6.04. The van der Waals surface area contributed by atoms with Crippen LogP contribution in [0.5, 0.6) is 5.75 Å². The Morgan fingerprint density at radius 1 is 1.09 bits per heavy atom. The summed E-state index contributed by atoms with van der Waals surface area (Å²) in [4.78, 5) is 0.206. The lowest BCUT2D eigenvalue weighted by molar-refractivity contribution is 0.414. The zero-order valence-electron chi connectivity index (χ0n) is 13.0. The van der Waals surface area contributed by atoms with Crippen LogP contribution in [0.2, 0.25) is 0 Å². The third-order valence-electron chi connectivity index (χ3n) is 3.77. The summed E-state index contributed by atoms with van der Waals surface area (Å²) in [5.74, 6) is 1.25. The number of fused-ring (bicyclic) bond motifs is 1. The minimum Gasteiger partial charge on any atom is -0.497 e. The lowest BCUT2D eigenvalue weighted by Crippen LogP contribution is -2.21. The summed E-state index contributed by atoms with van der Waals surface area (Å²) in [5.41, 5.74) is 2.97. The number of benzene rings is 2. The van der Waals surface area contributed by atoms with Gasteiger partial charge in [0.25, 0.3) is 10.0 Å². The number of sulfonamides is 1. The van der Waals surface area contributed by atoms with E-state index in [1.54, 1.807) is 31.4 Å². The van der Waals surface area contributed by atoms with E-state index in [0.29, 0.717) is 12.3 Å². The van der Waals surface area contributed by atoms with Gasteiger partial charge in [-0.15, -0.1) is 4.40 Å². The standard InChI is InChI=1S/C17H18N2O3S/c1-12-3-7-15(8-4-12)23(20,21)19-17-10-5-13-11-14(22-2)6-9-16(13)18-17/h3-4,6-9,11H,5,10H2,1-2H3,(H,18,19). The van der Waals surface area contributed by atoms with Crippen LogP contribution in [0.1, 0.15) is 17.5 Å². The molecular weight excluding hydrogens is 312 g/mol. The Labute approximate surface area is 136 Å². The van der Waals surface area contributed by atoms with Crippen LogP contribution in [-0.2, 0) is 16.4 Å². The molecule has 1 N–H and O–H groups in total. The predicted molar refractivity (Wildman–Crippen MR) is 90.7 cm³/mol. The zero-order chi connectivity index (χ0) is 16.4. The highest BCUT2D eigenvalue weighted by Crippen LogP contribution is 2.27. The lowest BCUT2D eigenvalue weighted by atomic mass is 10.0. The van der Waals surface area contributed by atoms with Gasteiger partial charge < -0.3 is 10.1 Å². The Hall–Kier alpha value is -2.34. The van der Waals surface area contributed by atoms with E-state index in [4.69, 9.17) is 4.74 Å². The quantitative estimate of drug-likeness (QED) is 0.939. The molecule has 0 fully saturated rings. The number of nitrogens with one attached hydrogen (secondary N) is 1. The van der Waals surface area contributed by atoms with Gasteiger partial charge in [0.15, 0.2) is 0 Å². The number of ether oxygens (including phenoxy) is 1. The number of anilines is 1. The maximum atomic E-state index is 12.4. The van der Waals surface area contributed by atoms with Gasteiger partial charge in [-0.05, 0) is 49.2 Å². The number of nitrogens with zero attached hydrogens (tertiary/aromatic N) is 1. The van der Waals surface area contributed by atoms with E-state index in [0.717, 1.165) is 29.0 Å². The van der Waals surface area contributed by atoms with E-state index in [-0.39, 0.29) is 4.90 Å². The molecule has 0 saturated carbocycles. The maximum Gasteiger partial charge on any atom is 0.283 e. The summed E-state index contributed by atoms with van der Waals surface area (Å²) in [6.45, 7) is 1.91. The lowest BCUT2D eigenvalue weighted by Gasteiger charge is -2.20. The van der Waals surface area contributed by atoms with E-state index < -0.39 is 10.0 Å². The first-order chi connectivity index (χ1) is 11.0. The Morgan fingerprint density at radius 2 is 1.83 bits per heavy atom. The molecule has 0 aliphatic carbocycles. The van der Waals surface area contributed by atoms with Crippen LogP contribution in [0.15, 0.2) is 51.8 Å². The zero-order valence-corrected chi connectivity index (χ0v) is 13.9. The van der Waals surface area contributed by atoms with Crippen molar-refractivity contribution in [3.63, 3.8) is 0 Å². The fraction of sp³-hybridized carbons (Fsp3) is 0.235. The second-order valence-corrected chi connectivity index (χ2v) is 7.08. The summed E-state index contributed by atoms with van der Waals surface area (Å²) in [6.07, 6.45) is 1.27. The molecular formula is C17H18N2O3S. The molecule has 1 heterocycles. The van der Waals surface area contributed by atoms with Gasteiger partial charge in [-0.3, -0.25) is 0 Å². The van der Waals surface area contributed by atoms with E-state index in [2.05, 4.69) is 9.71 Å². The minimum atomic E-state index is -3.69. The average molecular weight is 330 g/mol. The van der Waals surface area contributed by atoms with Crippen LogP contribution in [0.3, 0.4) is 0 Å². The molecule has 0 aromatic heterocycles. The molecule has 0 radical (unpaired) electrons. The normalized spacial score (nSPS) is 15.8. The molecule has 1 aliphatic heterocycles. The number of hydrogen-bond donors (Lipinski definition) is 1. The average Bonchev–Trinajstić information content (AvgIpc) is 2.54. The Balaban J connectivity index is 1.87. The predicted octanol–water partition coefficient (Wildman–Crippen LogP) is 3.15. The fourth-order valence-corrected chi connectivity index (χ4v) is 3.49. The van der Waals surface area contributed by atoms with Crippen molar-refractivity contribution in [1.82, 2.24) is 0 Å². The van der Waals surface area contributed by atoms with Crippen LogP contribution in [0.4, 0.5) is 5.69 Å². The van der Waals surface area contributed by atoms with Gasteiger partial charge in [0.1, 0.15) is 11.6 Å². The van der Waals surface area contributed by atoms with E-state index >= 15 is 0 Å². The van der Waals surface area contributed by atoms with Crippen molar-refractivity contribution in [3.05, 3.63) is 53.6 Å². The van der Waals surface area contributed by atoms with E-state index in [1.165, 1.54) is 0 Å². The SMILES string of the molecule is COc1ccc2c(c1)CCC(=NS(=O)(=O)c1ccc(C)cc1)N2. The molecule has 2 aromatic rings. The van der Waals surface area contributed by atoms with Crippen molar-refractivity contribution in [2.45, 2.75) is 24.7 Å². The van der Waals surface area contributed by atoms with Gasteiger partial charge >= 0.3 is 0 Å². The molecule has 0 spiro atoms. The van der Waals surface area contributed by atoms with Crippen LogP contribution in [0, 0.1) is 6.92 Å². The van der Waals surface area contributed by atoms with Crippen molar-refractivity contribution >= 4 is 21.5 Å². The third kappa shape index (κ3) is 3.37. The van der Waals surface area contributed by atoms with Gasteiger partial charge in [0.2, 0.25) is 0 Å². The Morgan fingerprint density at radius 3 is 2.52 bits per heavy atom. The third-order valence-corrected chi connectivity index (χ3v) is 5.10. The topological polar surface area (TPSA) is 67.8 Å². The second-order valence-electron chi connectivity index (χ2n) is 5.47. The molecule has 23 heavy (non-hydrogen) atoms. The summed E-state index contributed by atoms with van der Waals surface area (Å²) < 4.78 is 33.9. The first kappa shape index (κ1) is 15.6. The van der Waals surface area contributed by atoms with Crippen LogP contribution in [0.25, 0.3) is 0 Å². The maximum absolute atomic E-state index is 12.4. The smallest absolute Gasteiger partial charge is 0.283 e. The van der Waals surface area contributed by atoms with Crippen molar-refractivity contribution in [1.29, 1.82) is 0 Å². The number of methoxy groups -OCH3 is 1. The summed E-state index contributed by atoms with van der Waals surface area (Å²) in [6, 6.07) is 12.4. The van der Waals surface area contributed by atoms with E-state index in [9.17, 15) is 8.42 Å². The van der Waals surface area contributed by atoms with Gasteiger partial charge in [0, 0.05) is 12.1 Å². The molecule has 0 atom stereocenters. The molecule has 0 amide bonds. The van der Waals surface area contributed by atoms with Crippen LogP contribution < -0.4 is 10.1 Å². The van der Waals surface area contributed by atoms with Gasteiger partial charge in [-0.25, -0.2) is 0 Å². The van der Waals surface area contributed by atoms with Crippen LogP contribution >= 0.6 is 0 Å². The number of rotatable bonds is 3. The highest BCUT2D eigenvalue weighted by Gasteiger charge is 2.19. The summed E-state index contributed by atoms with van der Waals surface area (Å²) in [7, 11) is -2.07. The monoisotopic (exact) mass is 330 g/mol. The van der Waals surface area contributed by atoms with Gasteiger partial charge in [-0.1, -0.05) is 17.7 Å². The molecule has 0 saturated heterocycles. The fourth-order valence-electron chi connectivity index (χ4n) is 2.47. The van der Waals surface area contributed by atoms with Gasteiger partial charge in [-0.2, -0.15) is 8.42 Å². The van der Waals surface area contributed by atoms with Crippen molar-refractivity contribution in [2.24, 2.45) is 4.40 Å². The number of aryl methyl sites for hydroxylation is 2. The molecule has 2 aromatic carbocycles. The molecule has 5 nitrogen and oxygen atoms in total. The largest absolute Gasteiger partial charge is 0.497 e. The number of hydrogen-bond acceptors (Lipinski definition) is 3. The first-order valence-electron chi connectivity index (χ1n) is 7.32. The molecule has 0 bridgehead atoms. The summed E-state index contributed by atoms with van der Waals surface area (Å²) in [5, 5.41) is 3.10. The number of amidine groups is 1. The van der Waals surface area contributed by atoms with Crippen LogP contribution in [-0.4, -0.2) is 21.4 Å². The van der Waals surface area contributed by atoms with Gasteiger partial charge in [0.05, 0.1) is 12.0 Å². The van der Waals surface area contributed by atoms with Crippen molar-refractivity contribution < 1.29 is 13.2 Å². The highest BCUT2D eigenvalue weighted by molar-refractivity contribution is 7.90. The first-order valence-corrected chi connectivity index (χ1v) is 8.76. The molecule has 3 rings (SSSR count). The molecule has 1 aliphatic rings. The van der Waals surface area contributed by atoms with E-state index in [1.807, 2.05) is 25.1 Å². The Kier molecular flexibility index (Phi) is 4.09.